The van der Waals surface area contributed by atoms with Crippen LogP contribution >= 0.6 is 34.8 Å². The number of carbonyl (C=O) groups is 3. The number of imide groups is 2. The van der Waals surface area contributed by atoms with Crippen molar-refractivity contribution >= 4 is 64.4 Å². The summed E-state index contributed by atoms with van der Waals surface area (Å²) in [6, 6.07) is 14.3. The summed E-state index contributed by atoms with van der Waals surface area (Å²) in [5.41, 5.74) is 2.32. The maximum Gasteiger partial charge on any atom is 0.335 e. The molecule has 7 nitrogen and oxygen atoms in total. The first kappa shape index (κ1) is 26.5. The fourth-order valence-electron chi connectivity index (χ4n) is 3.69. The number of rotatable bonds is 7. The Balaban J connectivity index is 1.62. The van der Waals surface area contributed by atoms with E-state index >= 15 is 0 Å². The maximum atomic E-state index is 13.2. The van der Waals surface area contributed by atoms with E-state index in [-0.39, 0.29) is 28.7 Å². The summed E-state index contributed by atoms with van der Waals surface area (Å²) in [6.45, 7) is 2.14. The lowest BCUT2D eigenvalue weighted by Gasteiger charge is -2.26. The van der Waals surface area contributed by atoms with Gasteiger partial charge in [0.1, 0.15) is 12.2 Å². The normalized spacial score (nSPS) is 14.7. The molecule has 0 bridgehead atoms. The monoisotopic (exact) mass is 558 g/mol. The molecule has 0 spiro atoms. The first-order valence-corrected chi connectivity index (χ1v) is 12.3. The molecule has 0 unspecified atom stereocenters. The number of hydrogen-bond donors (Lipinski definition) is 1. The Hall–Kier alpha value is -3.52. The molecule has 1 aliphatic rings. The number of ether oxygens (including phenoxy) is 2. The van der Waals surface area contributed by atoms with Gasteiger partial charge in [0.2, 0.25) is 0 Å². The third kappa shape index (κ3) is 5.74. The summed E-state index contributed by atoms with van der Waals surface area (Å²) in [5, 5.41) is 3.23. The van der Waals surface area contributed by atoms with Crippen molar-refractivity contribution in [3.8, 4) is 11.5 Å². The molecule has 4 amide bonds. The SMILES string of the molecule is CCc1ccc(N2C(=O)NC(=O)/C(=C/c3cc(Cl)c(OCc4ccc(Cl)c(Cl)c4)c(OC)c3)C2=O)cc1. The van der Waals surface area contributed by atoms with E-state index in [2.05, 4.69) is 5.32 Å². The molecule has 4 rings (SSSR count). The third-order valence-electron chi connectivity index (χ3n) is 5.63. The van der Waals surface area contributed by atoms with E-state index < -0.39 is 17.8 Å². The zero-order chi connectivity index (χ0) is 26.7. The Kier molecular flexibility index (Phi) is 8.07. The van der Waals surface area contributed by atoms with Gasteiger partial charge in [0.05, 0.1) is 27.9 Å². The van der Waals surface area contributed by atoms with Crippen LogP contribution in [0.25, 0.3) is 6.08 Å². The summed E-state index contributed by atoms with van der Waals surface area (Å²) in [4.78, 5) is 39.1. The molecule has 3 aromatic carbocycles. The lowest BCUT2D eigenvalue weighted by Crippen LogP contribution is -2.54. The number of amides is 4. The van der Waals surface area contributed by atoms with Gasteiger partial charge in [0.25, 0.3) is 11.8 Å². The molecular weight excluding hydrogens is 539 g/mol. The average Bonchev–Trinajstić information content (AvgIpc) is 2.88. The number of halogens is 3. The molecule has 0 aliphatic carbocycles. The fraction of sp³-hybridized carbons (Fsp3) is 0.148. The maximum absolute atomic E-state index is 13.2. The highest BCUT2D eigenvalue weighted by molar-refractivity contribution is 6.42. The first-order chi connectivity index (χ1) is 17.7. The van der Waals surface area contributed by atoms with Gasteiger partial charge < -0.3 is 9.47 Å². The molecule has 10 heteroatoms. The Bertz CT molecular complexity index is 1420. The van der Waals surface area contributed by atoms with Crippen molar-refractivity contribution in [1.29, 1.82) is 0 Å². The number of anilines is 1. The van der Waals surface area contributed by atoms with Gasteiger partial charge in [-0.25, -0.2) is 9.69 Å². The number of nitrogens with zero attached hydrogens (tertiary/aromatic N) is 1. The van der Waals surface area contributed by atoms with Crippen LogP contribution in [-0.2, 0) is 22.6 Å². The van der Waals surface area contributed by atoms with Gasteiger partial charge in [-0.15, -0.1) is 0 Å². The van der Waals surface area contributed by atoms with Crippen molar-refractivity contribution in [3.05, 3.63) is 91.9 Å². The van der Waals surface area contributed by atoms with Crippen LogP contribution in [0.3, 0.4) is 0 Å². The summed E-state index contributed by atoms with van der Waals surface area (Å²) in [5.74, 6) is -1.02. The minimum atomic E-state index is -0.821. The zero-order valence-corrected chi connectivity index (χ0v) is 22.1. The smallest absolute Gasteiger partial charge is 0.335 e. The second-order valence-corrected chi connectivity index (χ2v) is 9.27. The van der Waals surface area contributed by atoms with E-state index in [4.69, 9.17) is 44.3 Å². The molecule has 3 aromatic rings. The van der Waals surface area contributed by atoms with Crippen LogP contribution in [0.4, 0.5) is 10.5 Å². The molecule has 37 heavy (non-hydrogen) atoms. The van der Waals surface area contributed by atoms with E-state index in [1.54, 1.807) is 36.4 Å². The second-order valence-electron chi connectivity index (χ2n) is 8.05. The van der Waals surface area contributed by atoms with Gasteiger partial charge in [0, 0.05) is 0 Å². The molecule has 0 aromatic heterocycles. The van der Waals surface area contributed by atoms with Crippen LogP contribution in [0.15, 0.2) is 60.2 Å². The molecule has 0 radical (unpaired) electrons. The van der Waals surface area contributed by atoms with E-state index in [9.17, 15) is 14.4 Å². The van der Waals surface area contributed by atoms with Gasteiger partial charge in [-0.1, -0.05) is 59.9 Å². The third-order valence-corrected chi connectivity index (χ3v) is 6.65. The number of urea groups is 1. The van der Waals surface area contributed by atoms with Crippen molar-refractivity contribution in [3.63, 3.8) is 0 Å². The van der Waals surface area contributed by atoms with Crippen LogP contribution < -0.4 is 19.7 Å². The molecule has 1 aliphatic heterocycles. The fourth-order valence-corrected chi connectivity index (χ4v) is 4.28. The van der Waals surface area contributed by atoms with Crippen molar-refractivity contribution in [1.82, 2.24) is 5.32 Å². The van der Waals surface area contributed by atoms with Crippen molar-refractivity contribution in [2.24, 2.45) is 0 Å². The van der Waals surface area contributed by atoms with Gasteiger partial charge in [-0.05, 0) is 65.6 Å². The van der Waals surface area contributed by atoms with E-state index in [0.29, 0.717) is 21.3 Å². The minimum Gasteiger partial charge on any atom is -0.493 e. The van der Waals surface area contributed by atoms with Gasteiger partial charge in [0.15, 0.2) is 11.5 Å². The second kappa shape index (κ2) is 11.3. The van der Waals surface area contributed by atoms with Crippen LogP contribution in [0, 0.1) is 0 Å². The Labute approximate surface area is 228 Å². The number of aryl methyl sites for hydroxylation is 1. The lowest BCUT2D eigenvalue weighted by molar-refractivity contribution is -0.122. The molecule has 0 saturated carbocycles. The summed E-state index contributed by atoms with van der Waals surface area (Å²) >= 11 is 18.5. The molecule has 1 saturated heterocycles. The number of barbiturate groups is 1. The predicted octanol–water partition coefficient (Wildman–Crippen LogP) is 6.46. The average molecular weight is 560 g/mol. The standard InChI is InChI=1S/C27H21Cl3N2O5/c1-3-15-4-7-18(8-5-15)32-26(34)19(25(33)31-27(32)35)10-17-12-22(30)24(23(13-17)36-2)37-14-16-6-9-20(28)21(29)11-16/h4-13H,3,14H2,1-2H3,(H,31,33,35)/b19-10-. The van der Waals surface area contributed by atoms with Crippen LogP contribution in [0.1, 0.15) is 23.6 Å². The number of nitrogens with one attached hydrogen (secondary N) is 1. The molecule has 190 valence electrons. The van der Waals surface area contributed by atoms with E-state index in [1.807, 2.05) is 19.1 Å². The number of benzene rings is 3. The summed E-state index contributed by atoms with van der Waals surface area (Å²) < 4.78 is 11.3. The molecule has 1 fully saturated rings. The number of carbonyl (C=O) groups excluding carboxylic acids is 3. The van der Waals surface area contributed by atoms with E-state index in [1.165, 1.54) is 19.3 Å². The van der Waals surface area contributed by atoms with Gasteiger partial charge in [-0.3, -0.25) is 14.9 Å². The highest BCUT2D eigenvalue weighted by Crippen LogP contribution is 2.38. The van der Waals surface area contributed by atoms with Crippen molar-refractivity contribution < 1.29 is 23.9 Å². The van der Waals surface area contributed by atoms with Gasteiger partial charge >= 0.3 is 6.03 Å². The molecule has 1 N–H and O–H groups in total. The highest BCUT2D eigenvalue weighted by atomic mass is 35.5. The molecule has 0 atom stereocenters. The quantitative estimate of drug-likeness (QED) is 0.265. The number of methoxy groups -OCH3 is 1. The van der Waals surface area contributed by atoms with Crippen molar-refractivity contribution in [2.45, 2.75) is 20.0 Å². The Morgan fingerprint density at radius 3 is 2.24 bits per heavy atom. The largest absolute Gasteiger partial charge is 0.493 e. The molecule has 1 heterocycles. The molecular formula is C27H21Cl3N2O5. The Morgan fingerprint density at radius 2 is 1.59 bits per heavy atom. The minimum absolute atomic E-state index is 0.141. The van der Waals surface area contributed by atoms with E-state index in [0.717, 1.165) is 22.4 Å². The predicted molar refractivity (Wildman–Crippen MR) is 144 cm³/mol. The highest BCUT2D eigenvalue weighted by Gasteiger charge is 2.36. The van der Waals surface area contributed by atoms with Gasteiger partial charge in [-0.2, -0.15) is 0 Å². The Morgan fingerprint density at radius 1 is 0.892 bits per heavy atom. The zero-order valence-electron chi connectivity index (χ0n) is 19.8. The lowest BCUT2D eigenvalue weighted by atomic mass is 10.1. The number of hydrogen-bond acceptors (Lipinski definition) is 5. The van der Waals surface area contributed by atoms with Crippen molar-refractivity contribution in [2.75, 3.05) is 12.0 Å². The topological polar surface area (TPSA) is 84.9 Å². The van der Waals surface area contributed by atoms with Crippen LogP contribution in [0.5, 0.6) is 11.5 Å². The summed E-state index contributed by atoms with van der Waals surface area (Å²) in [6.07, 6.45) is 2.15. The summed E-state index contributed by atoms with van der Waals surface area (Å²) in [7, 11) is 1.44. The van der Waals surface area contributed by atoms with Crippen LogP contribution in [0.2, 0.25) is 15.1 Å². The first-order valence-electron chi connectivity index (χ1n) is 11.2. The van der Waals surface area contributed by atoms with Crippen LogP contribution in [-0.4, -0.2) is 25.0 Å².